The van der Waals surface area contributed by atoms with Crippen molar-refractivity contribution in [3.8, 4) is 11.5 Å². The van der Waals surface area contributed by atoms with Gasteiger partial charge in [0.15, 0.2) is 0 Å². The molecule has 2 saturated heterocycles. The maximum Gasteiger partial charge on any atom is 0.414 e. The number of halogens is 1. The Kier molecular flexibility index (Phi) is 6.84. The van der Waals surface area contributed by atoms with Gasteiger partial charge in [0.25, 0.3) is 0 Å². The summed E-state index contributed by atoms with van der Waals surface area (Å²) in [5.74, 6) is 0.949. The van der Waals surface area contributed by atoms with E-state index in [0.29, 0.717) is 48.6 Å². The van der Waals surface area contributed by atoms with Gasteiger partial charge in [-0.25, -0.2) is 9.18 Å². The van der Waals surface area contributed by atoms with Gasteiger partial charge in [0, 0.05) is 32.0 Å². The SMILES string of the molecule is CC(=O)NCC1CN(c2ccc(N3CCC(Cc4nnc(-c5ccccc5)o4)CC3)c(F)c2)C(=O)O1. The lowest BCUT2D eigenvalue weighted by Gasteiger charge is -2.33. The Balaban J connectivity index is 1.16. The Morgan fingerprint density at radius 1 is 1.14 bits per heavy atom. The van der Waals surface area contributed by atoms with Gasteiger partial charge >= 0.3 is 6.09 Å². The lowest BCUT2D eigenvalue weighted by molar-refractivity contribution is -0.119. The normalized spacial score (nSPS) is 18.4. The third kappa shape index (κ3) is 5.32. The third-order valence-corrected chi connectivity index (χ3v) is 6.60. The summed E-state index contributed by atoms with van der Waals surface area (Å²) in [6.45, 7) is 3.31. The maximum atomic E-state index is 15.1. The standard InChI is InChI=1S/C26H28FN5O4/c1-17(33)28-15-21-16-32(26(34)35-21)20-7-8-23(22(27)14-20)31-11-9-18(10-12-31)13-24-29-30-25(36-24)19-5-3-2-4-6-19/h2-8,14,18,21H,9-13,15-16H2,1H3,(H,28,33). The Morgan fingerprint density at radius 3 is 2.64 bits per heavy atom. The molecule has 3 heterocycles. The predicted octanol–water partition coefficient (Wildman–Crippen LogP) is 3.80. The number of rotatable bonds is 7. The third-order valence-electron chi connectivity index (χ3n) is 6.60. The minimum absolute atomic E-state index is 0.197. The molecule has 1 unspecified atom stereocenters. The van der Waals surface area contributed by atoms with Crippen LogP contribution in [0.3, 0.4) is 0 Å². The van der Waals surface area contributed by atoms with E-state index in [9.17, 15) is 9.59 Å². The molecule has 1 N–H and O–H groups in total. The second-order valence-corrected chi connectivity index (χ2v) is 9.19. The molecule has 2 aromatic carbocycles. The van der Waals surface area contributed by atoms with Crippen molar-refractivity contribution >= 4 is 23.4 Å². The number of piperidine rings is 1. The topological polar surface area (TPSA) is 101 Å². The Morgan fingerprint density at radius 2 is 1.92 bits per heavy atom. The summed E-state index contributed by atoms with van der Waals surface area (Å²) in [4.78, 5) is 26.8. The number of benzene rings is 2. The predicted molar refractivity (Wildman–Crippen MR) is 131 cm³/mol. The summed E-state index contributed by atoms with van der Waals surface area (Å²) in [5, 5.41) is 11.0. The number of nitrogens with one attached hydrogen (secondary N) is 1. The van der Waals surface area contributed by atoms with Gasteiger partial charge in [0.05, 0.1) is 24.5 Å². The number of ether oxygens (including phenoxy) is 1. The second kappa shape index (κ2) is 10.3. The van der Waals surface area contributed by atoms with Gasteiger partial charge in [0.1, 0.15) is 11.9 Å². The Bertz CT molecular complexity index is 1230. The number of carbonyl (C=O) groups is 2. The Hall–Kier alpha value is -3.95. The van der Waals surface area contributed by atoms with Crippen molar-refractivity contribution in [2.24, 2.45) is 5.92 Å². The van der Waals surface area contributed by atoms with Crippen LogP contribution in [0.25, 0.3) is 11.5 Å². The molecule has 1 aromatic heterocycles. The number of nitrogens with zero attached hydrogens (tertiary/aromatic N) is 4. The molecule has 2 fully saturated rings. The van der Waals surface area contributed by atoms with Crippen LogP contribution in [0.2, 0.25) is 0 Å². The highest BCUT2D eigenvalue weighted by atomic mass is 19.1. The second-order valence-electron chi connectivity index (χ2n) is 9.19. The summed E-state index contributed by atoms with van der Waals surface area (Å²) >= 11 is 0. The van der Waals surface area contributed by atoms with Crippen molar-refractivity contribution in [1.82, 2.24) is 15.5 Å². The molecule has 2 amide bonds. The van der Waals surface area contributed by atoms with Crippen molar-refractivity contribution in [2.45, 2.75) is 32.3 Å². The van der Waals surface area contributed by atoms with Crippen LogP contribution in [-0.2, 0) is 16.0 Å². The van der Waals surface area contributed by atoms with E-state index >= 15 is 4.39 Å². The molecule has 0 spiro atoms. The highest BCUT2D eigenvalue weighted by Crippen LogP contribution is 2.31. The van der Waals surface area contributed by atoms with Crippen LogP contribution in [-0.4, -0.2) is 54.5 Å². The molecule has 0 aliphatic carbocycles. The van der Waals surface area contributed by atoms with Crippen LogP contribution in [0.5, 0.6) is 0 Å². The molecule has 0 saturated carbocycles. The molecular formula is C26H28FN5O4. The smallest absolute Gasteiger partial charge is 0.414 e. The minimum Gasteiger partial charge on any atom is -0.442 e. The van der Waals surface area contributed by atoms with Gasteiger partial charge in [-0.05, 0) is 49.1 Å². The zero-order valence-corrected chi connectivity index (χ0v) is 20.0. The van der Waals surface area contributed by atoms with Crippen molar-refractivity contribution in [3.05, 3.63) is 60.2 Å². The van der Waals surface area contributed by atoms with E-state index in [2.05, 4.69) is 15.5 Å². The molecule has 5 rings (SSSR count). The number of hydrogen-bond acceptors (Lipinski definition) is 7. The van der Waals surface area contributed by atoms with Gasteiger partial charge < -0.3 is 19.4 Å². The summed E-state index contributed by atoms with van der Waals surface area (Å²) in [6, 6.07) is 14.5. The number of carbonyl (C=O) groups excluding carboxylic acids is 2. The lowest BCUT2D eigenvalue weighted by atomic mass is 9.93. The van der Waals surface area contributed by atoms with E-state index < -0.39 is 12.2 Å². The molecule has 2 aliphatic rings. The quantitative estimate of drug-likeness (QED) is 0.534. The molecule has 2 aliphatic heterocycles. The summed E-state index contributed by atoms with van der Waals surface area (Å²) in [6.07, 6.45) is 1.45. The van der Waals surface area contributed by atoms with Gasteiger partial charge in [-0.3, -0.25) is 9.69 Å². The van der Waals surface area contributed by atoms with Crippen LogP contribution in [0.4, 0.5) is 20.6 Å². The van der Waals surface area contributed by atoms with Gasteiger partial charge in [0.2, 0.25) is 17.7 Å². The first-order chi connectivity index (χ1) is 17.5. The number of hydrogen-bond donors (Lipinski definition) is 1. The average molecular weight is 494 g/mol. The van der Waals surface area contributed by atoms with Gasteiger partial charge in [-0.15, -0.1) is 10.2 Å². The number of amides is 2. The van der Waals surface area contributed by atoms with Crippen LogP contribution in [0.1, 0.15) is 25.7 Å². The maximum absolute atomic E-state index is 15.1. The van der Waals surface area contributed by atoms with Crippen LogP contribution >= 0.6 is 0 Å². The molecule has 1 atom stereocenters. The van der Waals surface area contributed by atoms with E-state index in [-0.39, 0.29) is 24.8 Å². The molecule has 0 radical (unpaired) electrons. The summed E-state index contributed by atoms with van der Waals surface area (Å²) in [5.41, 5.74) is 1.85. The summed E-state index contributed by atoms with van der Waals surface area (Å²) < 4.78 is 26.2. The van der Waals surface area contributed by atoms with Gasteiger partial charge in [-0.1, -0.05) is 18.2 Å². The average Bonchev–Trinajstić information content (AvgIpc) is 3.50. The Labute approximate surface area is 208 Å². The van der Waals surface area contributed by atoms with Crippen molar-refractivity contribution in [1.29, 1.82) is 0 Å². The van der Waals surface area contributed by atoms with E-state index in [4.69, 9.17) is 9.15 Å². The van der Waals surface area contributed by atoms with E-state index in [1.165, 1.54) is 17.9 Å². The lowest BCUT2D eigenvalue weighted by Crippen LogP contribution is -2.35. The minimum atomic E-state index is -0.547. The molecule has 3 aromatic rings. The molecular weight excluding hydrogens is 465 g/mol. The monoisotopic (exact) mass is 493 g/mol. The van der Waals surface area contributed by atoms with Crippen LogP contribution in [0, 0.1) is 11.7 Å². The fourth-order valence-electron chi connectivity index (χ4n) is 4.67. The fraction of sp³-hybridized carbons (Fsp3) is 0.385. The molecule has 9 nitrogen and oxygen atoms in total. The van der Waals surface area contributed by atoms with Gasteiger partial charge in [-0.2, -0.15) is 0 Å². The van der Waals surface area contributed by atoms with Crippen molar-refractivity contribution in [3.63, 3.8) is 0 Å². The largest absolute Gasteiger partial charge is 0.442 e. The van der Waals surface area contributed by atoms with Crippen LogP contribution < -0.4 is 15.1 Å². The van der Waals surface area contributed by atoms with E-state index in [1.54, 1.807) is 12.1 Å². The first-order valence-electron chi connectivity index (χ1n) is 12.1. The van der Waals surface area contributed by atoms with Crippen molar-refractivity contribution in [2.75, 3.05) is 36.0 Å². The first kappa shape index (κ1) is 23.8. The fourth-order valence-corrected chi connectivity index (χ4v) is 4.67. The van der Waals surface area contributed by atoms with E-state index in [1.807, 2.05) is 35.2 Å². The summed E-state index contributed by atoms with van der Waals surface area (Å²) in [7, 11) is 0. The van der Waals surface area contributed by atoms with Crippen molar-refractivity contribution < 1.29 is 23.1 Å². The van der Waals surface area contributed by atoms with E-state index in [0.717, 1.165) is 18.4 Å². The highest BCUT2D eigenvalue weighted by Gasteiger charge is 2.33. The zero-order chi connectivity index (χ0) is 25.1. The molecule has 10 heteroatoms. The highest BCUT2D eigenvalue weighted by molar-refractivity contribution is 5.90. The first-order valence-corrected chi connectivity index (χ1v) is 12.1. The number of aromatic nitrogens is 2. The zero-order valence-electron chi connectivity index (χ0n) is 20.0. The molecule has 188 valence electrons. The molecule has 36 heavy (non-hydrogen) atoms. The number of anilines is 2. The molecule has 0 bridgehead atoms. The van der Waals surface area contributed by atoms with Crippen LogP contribution in [0.15, 0.2) is 52.9 Å². The number of cyclic esters (lactones) is 1.